The van der Waals surface area contributed by atoms with Crippen LogP contribution in [0.2, 0.25) is 0 Å². The summed E-state index contributed by atoms with van der Waals surface area (Å²) < 4.78 is 7.26. The van der Waals surface area contributed by atoms with E-state index in [1.54, 1.807) is 17.8 Å². The summed E-state index contributed by atoms with van der Waals surface area (Å²) in [6.07, 6.45) is 1.97. The lowest BCUT2D eigenvalue weighted by atomic mass is 10.2. The van der Waals surface area contributed by atoms with Gasteiger partial charge >= 0.3 is 5.97 Å². The first-order valence-corrected chi connectivity index (χ1v) is 12.5. The molecule has 0 atom stereocenters. The lowest BCUT2D eigenvalue weighted by Gasteiger charge is -2.10. The van der Waals surface area contributed by atoms with Crippen LogP contribution in [0.1, 0.15) is 5.56 Å². The van der Waals surface area contributed by atoms with E-state index < -0.39 is 5.97 Å². The van der Waals surface area contributed by atoms with E-state index >= 15 is 0 Å². The molecule has 1 heterocycles. The number of amides is 1. The number of para-hydroxylation sites is 2. The van der Waals surface area contributed by atoms with Crippen molar-refractivity contribution < 1.29 is 14.3 Å². The number of nitrogens with zero attached hydrogens (tertiary/aromatic N) is 2. The van der Waals surface area contributed by atoms with Crippen LogP contribution >= 0.6 is 23.5 Å². The van der Waals surface area contributed by atoms with Crippen molar-refractivity contribution in [2.45, 2.75) is 16.6 Å². The Hall–Kier alpha value is -3.23. The van der Waals surface area contributed by atoms with Crippen LogP contribution in [0.15, 0.2) is 88.9 Å². The number of thioether (sulfide) groups is 2. The molecule has 6 nitrogen and oxygen atoms in total. The van der Waals surface area contributed by atoms with Crippen LogP contribution in [-0.4, -0.2) is 40.0 Å². The fourth-order valence-corrected chi connectivity index (χ4v) is 4.56. The van der Waals surface area contributed by atoms with Gasteiger partial charge in [0.25, 0.3) is 5.91 Å². The quantitative estimate of drug-likeness (QED) is 0.268. The highest BCUT2D eigenvalue weighted by molar-refractivity contribution is 7.99. The molecule has 3 aromatic carbocycles. The first-order valence-electron chi connectivity index (χ1n) is 10.3. The molecule has 168 valence electrons. The summed E-state index contributed by atoms with van der Waals surface area (Å²) in [5.74, 6) is -0.776. The van der Waals surface area contributed by atoms with Crippen molar-refractivity contribution in [2.75, 3.05) is 23.9 Å². The van der Waals surface area contributed by atoms with Crippen LogP contribution in [0.3, 0.4) is 0 Å². The number of rotatable bonds is 9. The smallest absolute Gasteiger partial charge is 0.316 e. The van der Waals surface area contributed by atoms with Crippen molar-refractivity contribution in [3.05, 3.63) is 84.4 Å². The van der Waals surface area contributed by atoms with Gasteiger partial charge in [-0.15, -0.1) is 11.8 Å². The van der Waals surface area contributed by atoms with E-state index in [-0.39, 0.29) is 18.3 Å². The van der Waals surface area contributed by atoms with E-state index in [9.17, 15) is 9.59 Å². The number of carbonyl (C=O) groups is 2. The first-order chi connectivity index (χ1) is 16.1. The maximum atomic E-state index is 12.3. The summed E-state index contributed by atoms with van der Waals surface area (Å²) in [4.78, 5) is 30.2. The highest BCUT2D eigenvalue weighted by Gasteiger charge is 2.15. The molecule has 4 rings (SSSR count). The number of fused-ring (bicyclic) bond motifs is 1. The monoisotopic (exact) mass is 477 g/mol. The van der Waals surface area contributed by atoms with Crippen LogP contribution in [0.4, 0.5) is 5.69 Å². The molecule has 0 bridgehead atoms. The maximum absolute atomic E-state index is 12.3. The van der Waals surface area contributed by atoms with E-state index in [1.807, 2.05) is 66.9 Å². The topological polar surface area (TPSA) is 73.2 Å². The SMILES string of the molecule is CSc1cccc(NC(=O)COC(=O)CSc2nc3ccccc3n2Cc2ccccc2)c1. The van der Waals surface area contributed by atoms with Crippen LogP contribution in [-0.2, 0) is 20.9 Å². The van der Waals surface area contributed by atoms with Crippen molar-refractivity contribution >= 4 is 52.1 Å². The largest absolute Gasteiger partial charge is 0.455 e. The van der Waals surface area contributed by atoms with Gasteiger partial charge in [0, 0.05) is 10.6 Å². The Morgan fingerprint density at radius 3 is 2.61 bits per heavy atom. The third-order valence-electron chi connectivity index (χ3n) is 4.84. The zero-order chi connectivity index (χ0) is 23.0. The molecule has 0 fully saturated rings. The number of hydrogen-bond acceptors (Lipinski definition) is 6. The average Bonchev–Trinajstić information content (AvgIpc) is 3.19. The van der Waals surface area contributed by atoms with Gasteiger partial charge in [0.15, 0.2) is 11.8 Å². The van der Waals surface area contributed by atoms with Gasteiger partial charge in [-0.05, 0) is 42.2 Å². The lowest BCUT2D eigenvalue weighted by molar-refractivity contribution is -0.144. The Balaban J connectivity index is 1.35. The molecule has 1 amide bonds. The van der Waals surface area contributed by atoms with Crippen molar-refractivity contribution in [3.8, 4) is 0 Å². The highest BCUT2D eigenvalue weighted by atomic mass is 32.2. The molecule has 0 saturated carbocycles. The Kier molecular flexibility index (Phi) is 7.70. The number of anilines is 1. The maximum Gasteiger partial charge on any atom is 0.316 e. The zero-order valence-corrected chi connectivity index (χ0v) is 19.7. The van der Waals surface area contributed by atoms with Crippen LogP contribution in [0, 0.1) is 0 Å². The van der Waals surface area contributed by atoms with Gasteiger partial charge in [-0.1, -0.05) is 60.3 Å². The van der Waals surface area contributed by atoms with Crippen LogP contribution in [0.25, 0.3) is 11.0 Å². The molecule has 0 spiro atoms. The third kappa shape index (κ3) is 6.18. The molecule has 0 aliphatic carbocycles. The van der Waals surface area contributed by atoms with E-state index in [0.29, 0.717) is 12.2 Å². The number of nitrogens with one attached hydrogen (secondary N) is 1. The number of benzene rings is 3. The van der Waals surface area contributed by atoms with Crippen molar-refractivity contribution in [1.82, 2.24) is 9.55 Å². The molecular formula is C25H23N3O3S2. The first kappa shape index (κ1) is 22.9. The molecule has 1 N–H and O–H groups in total. The Morgan fingerprint density at radius 1 is 1.00 bits per heavy atom. The highest BCUT2D eigenvalue weighted by Crippen LogP contribution is 2.25. The molecule has 0 aliphatic heterocycles. The summed E-state index contributed by atoms with van der Waals surface area (Å²) in [6.45, 7) is 0.319. The predicted octanol–water partition coefficient (Wildman–Crippen LogP) is 5.08. The third-order valence-corrected chi connectivity index (χ3v) is 6.52. The van der Waals surface area contributed by atoms with Gasteiger partial charge in [0.05, 0.1) is 23.3 Å². The molecule has 4 aromatic rings. The van der Waals surface area contributed by atoms with Crippen LogP contribution in [0.5, 0.6) is 0 Å². The number of imidazole rings is 1. The molecule has 1 aromatic heterocycles. The lowest BCUT2D eigenvalue weighted by Crippen LogP contribution is -2.21. The van der Waals surface area contributed by atoms with Crippen LogP contribution < -0.4 is 5.32 Å². The molecule has 8 heteroatoms. The summed E-state index contributed by atoms with van der Waals surface area (Å²) in [6, 6.07) is 25.5. The predicted molar refractivity (Wildman–Crippen MR) is 134 cm³/mol. The second-order valence-corrected chi connectivity index (χ2v) is 9.01. The Morgan fingerprint density at radius 2 is 1.79 bits per heavy atom. The number of ether oxygens (including phenoxy) is 1. The summed E-state index contributed by atoms with van der Waals surface area (Å²) in [7, 11) is 0. The van der Waals surface area contributed by atoms with E-state index in [0.717, 1.165) is 26.6 Å². The fraction of sp³-hybridized carbons (Fsp3) is 0.160. The second-order valence-electron chi connectivity index (χ2n) is 7.18. The number of carbonyl (C=O) groups excluding carboxylic acids is 2. The van der Waals surface area contributed by atoms with E-state index in [2.05, 4.69) is 27.0 Å². The Labute approximate surface area is 200 Å². The van der Waals surface area contributed by atoms with Crippen molar-refractivity contribution in [2.24, 2.45) is 0 Å². The summed E-state index contributed by atoms with van der Waals surface area (Å²) >= 11 is 2.89. The molecule has 0 aliphatic rings. The van der Waals surface area contributed by atoms with Gasteiger partial charge in [-0.3, -0.25) is 9.59 Å². The molecular weight excluding hydrogens is 454 g/mol. The van der Waals surface area contributed by atoms with Gasteiger partial charge in [-0.2, -0.15) is 0 Å². The van der Waals surface area contributed by atoms with Crippen molar-refractivity contribution in [3.63, 3.8) is 0 Å². The zero-order valence-electron chi connectivity index (χ0n) is 18.1. The number of aromatic nitrogens is 2. The van der Waals surface area contributed by atoms with E-state index in [1.165, 1.54) is 11.8 Å². The van der Waals surface area contributed by atoms with Gasteiger partial charge in [0.1, 0.15) is 0 Å². The molecule has 33 heavy (non-hydrogen) atoms. The minimum Gasteiger partial charge on any atom is -0.455 e. The minimum absolute atomic E-state index is 0.0628. The van der Waals surface area contributed by atoms with Gasteiger partial charge < -0.3 is 14.6 Å². The number of esters is 1. The molecule has 0 unspecified atom stereocenters. The fourth-order valence-electron chi connectivity index (χ4n) is 3.29. The summed E-state index contributed by atoms with van der Waals surface area (Å²) in [5, 5.41) is 3.48. The molecule has 0 radical (unpaired) electrons. The number of hydrogen-bond donors (Lipinski definition) is 1. The average molecular weight is 478 g/mol. The normalized spacial score (nSPS) is 10.8. The standard InChI is InChI=1S/C25H23N3O3S2/c1-32-20-11-7-10-19(14-20)26-23(29)16-31-24(30)17-33-25-27-21-12-5-6-13-22(21)28(25)15-18-8-3-2-4-9-18/h2-14H,15-17H2,1H3,(H,26,29). The Bertz CT molecular complexity index is 1260. The van der Waals surface area contributed by atoms with Gasteiger partial charge in [0.2, 0.25) is 0 Å². The van der Waals surface area contributed by atoms with Crippen molar-refractivity contribution in [1.29, 1.82) is 0 Å². The second kappa shape index (κ2) is 11.1. The molecule has 0 saturated heterocycles. The van der Waals surface area contributed by atoms with Gasteiger partial charge in [-0.25, -0.2) is 4.98 Å². The minimum atomic E-state index is -0.466. The summed E-state index contributed by atoms with van der Waals surface area (Å²) in [5.41, 5.74) is 3.69. The van der Waals surface area contributed by atoms with E-state index in [4.69, 9.17) is 4.74 Å².